The first-order chi connectivity index (χ1) is 15.4. The number of nitrogens with one attached hydrogen (secondary N) is 1. The van der Waals surface area contributed by atoms with E-state index in [2.05, 4.69) is 19.2 Å². The number of ether oxygens (including phenoxy) is 1. The highest BCUT2D eigenvalue weighted by molar-refractivity contribution is 5.95. The van der Waals surface area contributed by atoms with Crippen molar-refractivity contribution in [3.05, 3.63) is 99.3 Å². The molecule has 6 heteroatoms. The molecular weight excluding hydrogens is 406 g/mol. The van der Waals surface area contributed by atoms with E-state index in [1.54, 1.807) is 18.4 Å². The summed E-state index contributed by atoms with van der Waals surface area (Å²) in [5.41, 5.74) is 3.90. The Morgan fingerprint density at radius 1 is 1.09 bits per heavy atom. The number of benzene rings is 2. The van der Waals surface area contributed by atoms with E-state index in [9.17, 15) is 9.59 Å². The van der Waals surface area contributed by atoms with Crippen LogP contribution in [0.1, 0.15) is 52.6 Å². The van der Waals surface area contributed by atoms with E-state index >= 15 is 0 Å². The van der Waals surface area contributed by atoms with Crippen molar-refractivity contribution < 1.29 is 18.4 Å². The largest absolute Gasteiger partial charge is 0.467 e. The van der Waals surface area contributed by atoms with Gasteiger partial charge in [0, 0.05) is 22.7 Å². The third-order valence-electron chi connectivity index (χ3n) is 5.38. The summed E-state index contributed by atoms with van der Waals surface area (Å²) in [6.45, 7) is 6.63. The molecule has 0 radical (unpaired) electrons. The van der Waals surface area contributed by atoms with E-state index in [4.69, 9.17) is 13.6 Å². The van der Waals surface area contributed by atoms with Gasteiger partial charge in [0.2, 0.25) is 0 Å². The Balaban J connectivity index is 1.57. The molecule has 0 bridgehead atoms. The highest BCUT2D eigenvalue weighted by Crippen LogP contribution is 2.27. The minimum Gasteiger partial charge on any atom is -0.467 e. The molecule has 0 saturated carbocycles. The van der Waals surface area contributed by atoms with Crippen molar-refractivity contribution in [1.29, 1.82) is 0 Å². The fourth-order valence-corrected chi connectivity index (χ4v) is 3.76. The summed E-state index contributed by atoms with van der Waals surface area (Å²) >= 11 is 0. The van der Waals surface area contributed by atoms with E-state index in [1.807, 2.05) is 43.3 Å². The number of fused-ring (bicyclic) bond motifs is 1. The van der Waals surface area contributed by atoms with Crippen molar-refractivity contribution in [2.45, 2.75) is 39.8 Å². The lowest BCUT2D eigenvalue weighted by Crippen LogP contribution is -2.11. The summed E-state index contributed by atoms with van der Waals surface area (Å²) < 4.78 is 16.3. The molecular formula is C26H25NO5. The molecule has 0 aliphatic rings. The minimum atomic E-state index is -0.481. The zero-order valence-electron chi connectivity index (χ0n) is 18.3. The maximum Gasteiger partial charge on any atom is 0.340 e. The molecule has 32 heavy (non-hydrogen) atoms. The second kappa shape index (κ2) is 9.14. The summed E-state index contributed by atoms with van der Waals surface area (Å²) in [6, 6.07) is 16.1. The third-order valence-corrected chi connectivity index (χ3v) is 5.38. The molecule has 0 aliphatic heterocycles. The molecule has 0 fully saturated rings. The summed E-state index contributed by atoms with van der Waals surface area (Å²) in [4.78, 5) is 24.9. The zero-order valence-corrected chi connectivity index (χ0v) is 18.3. The van der Waals surface area contributed by atoms with Crippen molar-refractivity contribution >= 4 is 22.6 Å². The number of para-hydroxylation sites is 1. The van der Waals surface area contributed by atoms with Gasteiger partial charge in [-0.05, 0) is 60.4 Å². The maximum absolute atomic E-state index is 12.9. The number of carbonyl (C=O) groups is 1. The van der Waals surface area contributed by atoms with E-state index in [1.165, 1.54) is 6.07 Å². The Morgan fingerprint density at radius 2 is 1.91 bits per heavy atom. The van der Waals surface area contributed by atoms with Crippen LogP contribution in [0.15, 0.2) is 74.5 Å². The summed E-state index contributed by atoms with van der Waals surface area (Å²) in [5, 5.41) is 3.97. The first-order valence-corrected chi connectivity index (χ1v) is 10.5. The minimum absolute atomic E-state index is 0.0337. The quantitative estimate of drug-likeness (QED) is 0.295. The molecule has 0 saturated heterocycles. The number of carbonyl (C=O) groups excluding carboxylic acids is 1. The lowest BCUT2D eigenvalue weighted by molar-refractivity contribution is 0.0475. The number of anilines is 1. The van der Waals surface area contributed by atoms with Crippen molar-refractivity contribution in [1.82, 2.24) is 0 Å². The summed E-state index contributed by atoms with van der Waals surface area (Å²) in [5.74, 6) is 0.589. The first kappa shape index (κ1) is 21.4. The average Bonchev–Trinajstić information content (AvgIpc) is 3.29. The van der Waals surface area contributed by atoms with Crippen LogP contribution in [-0.2, 0) is 17.9 Å². The highest BCUT2D eigenvalue weighted by atomic mass is 16.5. The molecule has 0 amide bonds. The van der Waals surface area contributed by atoms with Gasteiger partial charge in [-0.15, -0.1) is 0 Å². The number of rotatable bonds is 7. The van der Waals surface area contributed by atoms with Gasteiger partial charge >= 0.3 is 11.6 Å². The fourth-order valence-electron chi connectivity index (χ4n) is 3.76. The molecule has 164 valence electrons. The van der Waals surface area contributed by atoms with Gasteiger partial charge < -0.3 is 18.9 Å². The molecule has 2 aromatic carbocycles. The van der Waals surface area contributed by atoms with Crippen LogP contribution in [0.5, 0.6) is 0 Å². The van der Waals surface area contributed by atoms with Gasteiger partial charge in [0.1, 0.15) is 18.0 Å². The van der Waals surface area contributed by atoms with Gasteiger partial charge in [0.05, 0.1) is 18.4 Å². The second-order valence-electron chi connectivity index (χ2n) is 8.00. The van der Waals surface area contributed by atoms with Gasteiger partial charge in [-0.3, -0.25) is 0 Å². The average molecular weight is 431 g/mol. The standard InChI is InChI=1S/C26H25NO5/c1-16(2)21-13-22-18(12-25(28)32-24(22)11-17(21)3)15-31-26(29)20-8-4-5-9-23(20)27-14-19-7-6-10-30-19/h4-13,16,27H,14-15H2,1-3H3. The smallest absolute Gasteiger partial charge is 0.340 e. The number of aryl methyl sites for hydroxylation is 1. The normalized spacial score (nSPS) is 11.1. The summed E-state index contributed by atoms with van der Waals surface area (Å²) in [6.07, 6.45) is 1.60. The molecule has 0 atom stereocenters. The monoisotopic (exact) mass is 431 g/mol. The van der Waals surface area contributed by atoms with Crippen LogP contribution in [0.25, 0.3) is 11.0 Å². The molecule has 2 aromatic heterocycles. The second-order valence-corrected chi connectivity index (χ2v) is 8.00. The molecule has 0 spiro atoms. The van der Waals surface area contributed by atoms with Gasteiger partial charge in [0.25, 0.3) is 0 Å². The van der Waals surface area contributed by atoms with E-state index in [-0.39, 0.29) is 6.61 Å². The van der Waals surface area contributed by atoms with Crippen LogP contribution < -0.4 is 10.9 Å². The van der Waals surface area contributed by atoms with E-state index in [0.29, 0.717) is 34.9 Å². The first-order valence-electron chi connectivity index (χ1n) is 10.5. The lowest BCUT2D eigenvalue weighted by Gasteiger charge is -2.14. The third kappa shape index (κ3) is 4.59. The number of furan rings is 1. The van der Waals surface area contributed by atoms with Crippen molar-refractivity contribution in [2.75, 3.05) is 5.32 Å². The number of esters is 1. The predicted molar refractivity (Wildman–Crippen MR) is 123 cm³/mol. The topological polar surface area (TPSA) is 81.7 Å². The van der Waals surface area contributed by atoms with E-state index < -0.39 is 11.6 Å². The molecule has 0 unspecified atom stereocenters. The number of hydrogen-bond donors (Lipinski definition) is 1. The zero-order chi connectivity index (χ0) is 22.7. The Hall–Kier alpha value is -3.80. The number of hydrogen-bond acceptors (Lipinski definition) is 6. The van der Waals surface area contributed by atoms with Gasteiger partial charge in [-0.2, -0.15) is 0 Å². The van der Waals surface area contributed by atoms with E-state index in [0.717, 1.165) is 22.3 Å². The van der Waals surface area contributed by atoms with Gasteiger partial charge in [-0.1, -0.05) is 26.0 Å². The maximum atomic E-state index is 12.9. The molecule has 0 aliphatic carbocycles. The molecule has 4 aromatic rings. The van der Waals surface area contributed by atoms with Crippen LogP contribution in [0, 0.1) is 6.92 Å². The van der Waals surface area contributed by atoms with Crippen LogP contribution in [0.4, 0.5) is 5.69 Å². The molecule has 2 heterocycles. The Bertz CT molecular complexity index is 1300. The summed E-state index contributed by atoms with van der Waals surface area (Å²) in [7, 11) is 0. The van der Waals surface area contributed by atoms with Gasteiger partial charge in [0.15, 0.2) is 0 Å². The van der Waals surface area contributed by atoms with Crippen molar-refractivity contribution in [2.24, 2.45) is 0 Å². The SMILES string of the molecule is Cc1cc2oc(=O)cc(COC(=O)c3ccccc3NCc3ccco3)c2cc1C(C)C. The van der Waals surface area contributed by atoms with Crippen molar-refractivity contribution in [3.8, 4) is 0 Å². The Morgan fingerprint density at radius 3 is 2.66 bits per heavy atom. The van der Waals surface area contributed by atoms with Crippen LogP contribution in [0.3, 0.4) is 0 Å². The van der Waals surface area contributed by atoms with Crippen LogP contribution in [0.2, 0.25) is 0 Å². The lowest BCUT2D eigenvalue weighted by atomic mass is 9.95. The Kier molecular flexibility index (Phi) is 6.12. The molecule has 4 rings (SSSR count). The fraction of sp³-hybridized carbons (Fsp3) is 0.231. The Labute approximate surface area is 185 Å². The predicted octanol–water partition coefficient (Wildman–Crippen LogP) is 5.79. The molecule has 1 N–H and O–H groups in total. The van der Waals surface area contributed by atoms with Gasteiger partial charge in [-0.25, -0.2) is 9.59 Å². The van der Waals surface area contributed by atoms with Crippen LogP contribution >= 0.6 is 0 Å². The van der Waals surface area contributed by atoms with Crippen molar-refractivity contribution in [3.63, 3.8) is 0 Å². The van der Waals surface area contributed by atoms with Crippen LogP contribution in [-0.4, -0.2) is 5.97 Å². The molecule has 6 nitrogen and oxygen atoms in total. The highest BCUT2D eigenvalue weighted by Gasteiger charge is 2.16.